The van der Waals surface area contributed by atoms with Gasteiger partial charge < -0.3 is 14.7 Å². The first-order chi connectivity index (χ1) is 20.5. The van der Waals surface area contributed by atoms with Crippen molar-refractivity contribution in [3.05, 3.63) is 99.8 Å². The fourth-order valence-corrected chi connectivity index (χ4v) is 7.76. The number of hydrogen-bond donors (Lipinski definition) is 1. The number of morpholine rings is 1. The quantitative estimate of drug-likeness (QED) is 0.258. The van der Waals surface area contributed by atoms with Crippen LogP contribution in [0.1, 0.15) is 55.9 Å². The highest BCUT2D eigenvalue weighted by Crippen LogP contribution is 2.45. The molecule has 43 heavy (non-hydrogen) atoms. The van der Waals surface area contributed by atoms with Gasteiger partial charge in [0.25, 0.3) is 5.91 Å². The summed E-state index contributed by atoms with van der Waals surface area (Å²) >= 11 is 12.5. The summed E-state index contributed by atoms with van der Waals surface area (Å²) in [5.74, 6) is -2.54. The van der Waals surface area contributed by atoms with Gasteiger partial charge in [-0.05, 0) is 66.8 Å². The molecule has 4 atom stereocenters. The van der Waals surface area contributed by atoms with Crippen LogP contribution in [-0.4, -0.2) is 54.2 Å². The van der Waals surface area contributed by atoms with E-state index in [1.807, 2.05) is 0 Å². The van der Waals surface area contributed by atoms with E-state index in [0.717, 1.165) is 4.31 Å². The molecule has 1 heterocycles. The number of carbonyl (C=O) groups excluding carboxylic acids is 1. The molecular weight excluding hydrogens is 618 g/mol. The predicted molar refractivity (Wildman–Crippen MR) is 162 cm³/mol. The van der Waals surface area contributed by atoms with Gasteiger partial charge in [0.15, 0.2) is 0 Å². The Bertz CT molecular complexity index is 1600. The van der Waals surface area contributed by atoms with Gasteiger partial charge in [-0.15, -0.1) is 0 Å². The number of carboxylic acids is 1. The van der Waals surface area contributed by atoms with E-state index in [2.05, 4.69) is 0 Å². The van der Waals surface area contributed by atoms with Crippen molar-refractivity contribution in [2.45, 2.75) is 62.1 Å². The number of para-hydroxylation sites is 1. The second-order valence-electron chi connectivity index (χ2n) is 10.7. The van der Waals surface area contributed by atoms with E-state index in [1.54, 1.807) is 61.5 Å². The zero-order valence-electron chi connectivity index (χ0n) is 23.3. The highest BCUT2D eigenvalue weighted by atomic mass is 35.5. The molecule has 0 bridgehead atoms. The Kier molecular flexibility index (Phi) is 9.31. The van der Waals surface area contributed by atoms with E-state index in [4.69, 9.17) is 27.9 Å². The summed E-state index contributed by atoms with van der Waals surface area (Å²) in [6.45, 7) is 1.56. The maximum atomic E-state index is 15.1. The molecule has 8 nitrogen and oxygen atoms in total. The number of benzene rings is 3. The van der Waals surface area contributed by atoms with Crippen molar-refractivity contribution < 1.29 is 32.2 Å². The molecule has 12 heteroatoms. The van der Waals surface area contributed by atoms with Crippen molar-refractivity contribution in [1.29, 1.82) is 0 Å². The largest absolute Gasteiger partial charge is 0.481 e. The smallest absolute Gasteiger partial charge is 0.306 e. The molecule has 4 unspecified atom stereocenters. The fraction of sp³-hybridized carbons (Fsp3) is 0.355. The molecule has 1 aliphatic heterocycles. The number of nitrogens with zero attached hydrogens (tertiary/aromatic N) is 2. The van der Waals surface area contributed by atoms with Crippen LogP contribution in [0.2, 0.25) is 10.0 Å². The summed E-state index contributed by atoms with van der Waals surface area (Å²) in [5.41, 5.74) is 1.13. The molecule has 228 valence electrons. The van der Waals surface area contributed by atoms with E-state index >= 15 is 4.39 Å². The lowest BCUT2D eigenvalue weighted by Gasteiger charge is -2.48. The first kappa shape index (κ1) is 31.3. The van der Waals surface area contributed by atoms with Crippen LogP contribution in [0.25, 0.3) is 0 Å². The third-order valence-electron chi connectivity index (χ3n) is 7.79. The van der Waals surface area contributed by atoms with Crippen LogP contribution in [0.4, 0.5) is 10.1 Å². The molecule has 1 saturated heterocycles. The molecule has 3 aromatic rings. The highest BCUT2D eigenvalue weighted by Gasteiger charge is 2.49. The predicted octanol–water partition coefficient (Wildman–Crippen LogP) is 6.39. The van der Waals surface area contributed by atoms with Crippen LogP contribution in [-0.2, 0) is 24.3 Å². The minimum Gasteiger partial charge on any atom is -0.481 e. The van der Waals surface area contributed by atoms with Gasteiger partial charge in [-0.25, -0.2) is 12.8 Å². The molecule has 3 aromatic carbocycles. The van der Waals surface area contributed by atoms with E-state index in [1.165, 1.54) is 23.1 Å². The lowest BCUT2D eigenvalue weighted by molar-refractivity contribution is -0.183. The Morgan fingerprint density at radius 3 is 2.35 bits per heavy atom. The lowest BCUT2D eigenvalue weighted by atomic mass is 9.89. The summed E-state index contributed by atoms with van der Waals surface area (Å²) in [5, 5.41) is 9.91. The summed E-state index contributed by atoms with van der Waals surface area (Å²) < 4.78 is 49.9. The minimum absolute atomic E-state index is 0.106. The number of hydrogen-bond acceptors (Lipinski definition) is 5. The van der Waals surface area contributed by atoms with Crippen LogP contribution in [0, 0.1) is 5.82 Å². The van der Waals surface area contributed by atoms with E-state index in [-0.39, 0.29) is 18.7 Å². The SMILES string of the molecule is CCC(CN(c1ccccc1F)S(=O)(=O)C1CC1)N1C(=O)C(CC(=O)O)OC(c2cccc(Cl)c2)C1c1ccc(Cl)cc1. The van der Waals surface area contributed by atoms with E-state index in [0.29, 0.717) is 34.0 Å². The summed E-state index contributed by atoms with van der Waals surface area (Å²) in [7, 11) is -3.96. The second kappa shape index (κ2) is 12.8. The first-order valence-corrected chi connectivity index (χ1v) is 16.2. The molecule has 0 radical (unpaired) electrons. The van der Waals surface area contributed by atoms with Crippen LogP contribution in [0.5, 0.6) is 0 Å². The lowest BCUT2D eigenvalue weighted by Crippen LogP contribution is -2.58. The highest BCUT2D eigenvalue weighted by molar-refractivity contribution is 7.93. The number of carboxylic acid groups (broad SMARTS) is 1. The van der Waals surface area contributed by atoms with Gasteiger partial charge in [0, 0.05) is 10.0 Å². The Labute approximate surface area is 260 Å². The number of rotatable bonds is 11. The average Bonchev–Trinajstić information content (AvgIpc) is 3.82. The Balaban J connectivity index is 1.66. The molecule has 0 aromatic heterocycles. The topological polar surface area (TPSA) is 104 Å². The van der Waals surface area contributed by atoms with Gasteiger partial charge in [-0.1, -0.05) is 66.5 Å². The van der Waals surface area contributed by atoms with Gasteiger partial charge in [0.05, 0.1) is 36.0 Å². The van der Waals surface area contributed by atoms with Crippen LogP contribution < -0.4 is 4.31 Å². The van der Waals surface area contributed by atoms with Crippen molar-refractivity contribution >= 4 is 50.8 Å². The Hall–Kier alpha value is -3.18. The Morgan fingerprint density at radius 1 is 1.05 bits per heavy atom. The second-order valence-corrected chi connectivity index (χ2v) is 13.7. The molecular formula is C31H31Cl2FN2O6S. The third kappa shape index (κ3) is 6.67. The number of halogens is 3. The van der Waals surface area contributed by atoms with Gasteiger partial charge in [0.2, 0.25) is 10.0 Å². The van der Waals surface area contributed by atoms with Crippen LogP contribution in [0.15, 0.2) is 72.8 Å². The van der Waals surface area contributed by atoms with E-state index < -0.39 is 63.7 Å². The van der Waals surface area contributed by atoms with Crippen molar-refractivity contribution in [2.75, 3.05) is 10.8 Å². The molecule has 1 amide bonds. The summed E-state index contributed by atoms with van der Waals surface area (Å²) in [4.78, 5) is 27.5. The number of aliphatic carboxylic acids is 1. The number of anilines is 1. The van der Waals surface area contributed by atoms with Gasteiger partial charge >= 0.3 is 5.97 Å². The standard InChI is InChI=1S/C31H31Cl2FN2O6S/c1-2-23(18-35(43(40,41)24-14-15-24)26-9-4-3-8-25(26)34)36-29(19-10-12-21(32)13-11-19)30(20-6-5-7-22(33)16-20)42-27(31(36)39)17-28(37)38/h3-13,16,23-24,27,29-30H,2,14-15,17-18H2,1H3,(H,37,38). The average molecular weight is 650 g/mol. The molecule has 1 aliphatic carbocycles. The Morgan fingerprint density at radius 2 is 1.74 bits per heavy atom. The van der Waals surface area contributed by atoms with Gasteiger partial charge in [0.1, 0.15) is 18.0 Å². The van der Waals surface area contributed by atoms with E-state index in [9.17, 15) is 23.1 Å². The molecule has 1 N–H and O–H groups in total. The molecule has 1 saturated carbocycles. The van der Waals surface area contributed by atoms with Gasteiger partial charge in [-0.2, -0.15) is 0 Å². The number of carbonyl (C=O) groups is 2. The summed E-state index contributed by atoms with van der Waals surface area (Å²) in [6.07, 6.45) is -1.62. The van der Waals surface area contributed by atoms with Gasteiger partial charge in [-0.3, -0.25) is 13.9 Å². The minimum atomic E-state index is -3.96. The maximum Gasteiger partial charge on any atom is 0.306 e. The zero-order valence-corrected chi connectivity index (χ0v) is 25.6. The molecule has 0 spiro atoms. The first-order valence-electron chi connectivity index (χ1n) is 14.0. The van der Waals surface area contributed by atoms with Crippen LogP contribution in [0.3, 0.4) is 0 Å². The van der Waals surface area contributed by atoms with Crippen molar-refractivity contribution in [2.24, 2.45) is 0 Å². The van der Waals surface area contributed by atoms with Crippen LogP contribution >= 0.6 is 23.2 Å². The summed E-state index contributed by atoms with van der Waals surface area (Å²) in [6, 6.07) is 17.7. The number of amides is 1. The normalized spacial score (nSPS) is 21.4. The molecule has 2 fully saturated rings. The molecule has 5 rings (SSSR count). The number of sulfonamides is 1. The van der Waals surface area contributed by atoms with Crippen molar-refractivity contribution in [1.82, 2.24) is 4.90 Å². The number of ether oxygens (including phenoxy) is 1. The molecule has 2 aliphatic rings. The fourth-order valence-electron chi connectivity index (χ4n) is 5.54. The maximum absolute atomic E-state index is 15.1. The monoisotopic (exact) mass is 648 g/mol. The third-order valence-corrected chi connectivity index (χ3v) is 10.6. The zero-order chi connectivity index (χ0) is 30.9. The van der Waals surface area contributed by atoms with Crippen molar-refractivity contribution in [3.8, 4) is 0 Å². The van der Waals surface area contributed by atoms with Crippen molar-refractivity contribution in [3.63, 3.8) is 0 Å².